The molecule has 8 heteroatoms. The van der Waals surface area contributed by atoms with Crippen molar-refractivity contribution in [3.05, 3.63) is 29.8 Å². The van der Waals surface area contributed by atoms with Crippen molar-refractivity contribution < 1.29 is 31.5 Å². The Bertz CT molecular complexity index is 683. The zero-order valence-corrected chi connectivity index (χ0v) is 14.9. The number of aryl methyl sites for hydroxylation is 1. The molecule has 0 spiro atoms. The van der Waals surface area contributed by atoms with Gasteiger partial charge in [-0.1, -0.05) is 17.7 Å². The van der Waals surface area contributed by atoms with Crippen LogP contribution >= 0.6 is 0 Å². The molecule has 3 rings (SSSR count). The lowest BCUT2D eigenvalue weighted by Crippen LogP contribution is -2.54. The smallest absolute Gasteiger partial charge is 0.297 e. The molecule has 2 aliphatic heterocycles. The van der Waals surface area contributed by atoms with E-state index in [0.29, 0.717) is 0 Å². The normalized spacial score (nSPS) is 32.5. The van der Waals surface area contributed by atoms with Crippen LogP contribution in [-0.2, 0) is 33.2 Å². The Kier molecular flexibility index (Phi) is 4.71. The van der Waals surface area contributed by atoms with Gasteiger partial charge in [-0.05, 0) is 32.9 Å². The van der Waals surface area contributed by atoms with E-state index in [9.17, 15) is 8.42 Å². The zero-order chi connectivity index (χ0) is 17.5. The molecule has 0 aromatic heterocycles. The topological polar surface area (TPSA) is 80.3 Å². The predicted molar refractivity (Wildman–Crippen MR) is 83.8 cm³/mol. The van der Waals surface area contributed by atoms with E-state index in [2.05, 4.69) is 0 Å². The van der Waals surface area contributed by atoms with E-state index in [1.165, 1.54) is 19.2 Å². The van der Waals surface area contributed by atoms with E-state index in [-0.39, 0.29) is 11.5 Å². The second-order valence-corrected chi connectivity index (χ2v) is 7.98. The lowest BCUT2D eigenvalue weighted by Gasteiger charge is -2.35. The summed E-state index contributed by atoms with van der Waals surface area (Å²) in [4.78, 5) is 0.0725. The first-order valence-electron chi connectivity index (χ1n) is 7.72. The fraction of sp³-hybridized carbons (Fsp3) is 0.625. The van der Waals surface area contributed by atoms with Crippen LogP contribution in [0.2, 0.25) is 0 Å². The Morgan fingerprint density at radius 2 is 1.83 bits per heavy atom. The fourth-order valence-corrected chi connectivity index (χ4v) is 3.99. The van der Waals surface area contributed by atoms with Crippen molar-refractivity contribution in [2.45, 2.75) is 56.1 Å². The molecular formula is C16H22O7S. The van der Waals surface area contributed by atoms with Gasteiger partial charge in [0, 0.05) is 7.11 Å². The summed E-state index contributed by atoms with van der Waals surface area (Å²) in [6, 6.07) is 6.43. The van der Waals surface area contributed by atoms with E-state index in [0.717, 1.165) is 5.56 Å². The standard InChI is InChI=1S/C16H22O7S/c1-10-5-7-11(8-6-10)24(17,18)23-14-13-12(9-20-15(14)19-4)21-16(2,3)22-13/h5-8,12-15H,9H2,1-4H3/t12-,13-,14-,15-/m1/s1. The van der Waals surface area contributed by atoms with Gasteiger partial charge in [0.1, 0.15) is 12.2 Å². The van der Waals surface area contributed by atoms with Crippen LogP contribution in [-0.4, -0.2) is 52.5 Å². The summed E-state index contributed by atoms with van der Waals surface area (Å²) in [6.45, 7) is 5.65. The van der Waals surface area contributed by atoms with Gasteiger partial charge in [-0.25, -0.2) is 0 Å². The number of ether oxygens (including phenoxy) is 4. The molecule has 4 atom stereocenters. The van der Waals surface area contributed by atoms with Gasteiger partial charge in [0.05, 0.1) is 11.5 Å². The lowest BCUT2D eigenvalue weighted by molar-refractivity contribution is -0.233. The van der Waals surface area contributed by atoms with Gasteiger partial charge in [-0.15, -0.1) is 0 Å². The second-order valence-electron chi connectivity index (χ2n) is 6.40. The molecule has 0 unspecified atom stereocenters. The van der Waals surface area contributed by atoms with E-state index in [1.807, 2.05) is 6.92 Å². The summed E-state index contributed by atoms with van der Waals surface area (Å²) in [5, 5.41) is 0. The molecule has 0 radical (unpaired) electrons. The lowest BCUT2D eigenvalue weighted by atomic mass is 10.1. The minimum Gasteiger partial charge on any atom is -0.353 e. The van der Waals surface area contributed by atoms with Gasteiger partial charge >= 0.3 is 0 Å². The Morgan fingerprint density at radius 3 is 2.46 bits per heavy atom. The summed E-state index contributed by atoms with van der Waals surface area (Å²) >= 11 is 0. The minimum atomic E-state index is -3.99. The van der Waals surface area contributed by atoms with Gasteiger partial charge in [-0.3, -0.25) is 4.18 Å². The molecule has 2 fully saturated rings. The van der Waals surface area contributed by atoms with Crippen LogP contribution in [0.3, 0.4) is 0 Å². The molecule has 0 aliphatic carbocycles. The maximum absolute atomic E-state index is 12.6. The quantitative estimate of drug-likeness (QED) is 0.756. The molecule has 2 saturated heterocycles. The van der Waals surface area contributed by atoms with Crippen LogP contribution in [0.4, 0.5) is 0 Å². The third kappa shape index (κ3) is 3.49. The molecule has 0 saturated carbocycles. The molecule has 2 aliphatic rings. The van der Waals surface area contributed by atoms with Crippen LogP contribution in [0.15, 0.2) is 29.2 Å². The first kappa shape index (κ1) is 17.8. The highest BCUT2D eigenvalue weighted by Gasteiger charge is 2.53. The summed E-state index contributed by atoms with van der Waals surface area (Å²) in [5.74, 6) is -0.837. The Hall–Kier alpha value is -1.03. The highest BCUT2D eigenvalue weighted by Crippen LogP contribution is 2.37. The second kappa shape index (κ2) is 6.36. The van der Waals surface area contributed by atoms with Gasteiger partial charge in [-0.2, -0.15) is 8.42 Å². The largest absolute Gasteiger partial charge is 0.353 e. The molecule has 134 valence electrons. The summed E-state index contributed by atoms with van der Waals surface area (Å²) in [6.07, 6.45) is -2.82. The van der Waals surface area contributed by atoms with E-state index in [4.69, 9.17) is 23.1 Å². The van der Waals surface area contributed by atoms with Crippen molar-refractivity contribution in [3.8, 4) is 0 Å². The first-order valence-corrected chi connectivity index (χ1v) is 9.13. The summed E-state index contributed by atoms with van der Waals surface area (Å²) in [7, 11) is -2.56. The van der Waals surface area contributed by atoms with Crippen LogP contribution in [0.1, 0.15) is 19.4 Å². The Morgan fingerprint density at radius 1 is 1.17 bits per heavy atom. The first-order chi connectivity index (χ1) is 11.2. The number of hydrogen-bond donors (Lipinski definition) is 0. The average Bonchev–Trinajstić information content (AvgIpc) is 2.82. The maximum Gasteiger partial charge on any atom is 0.297 e. The van der Waals surface area contributed by atoms with E-state index >= 15 is 0 Å². The van der Waals surface area contributed by atoms with Crippen molar-refractivity contribution >= 4 is 10.1 Å². The SMILES string of the molecule is CO[C@@H]1OC[C@H]2OC(C)(C)O[C@H]2[C@H]1OS(=O)(=O)c1ccc(C)cc1. The Labute approximate surface area is 141 Å². The van der Waals surface area contributed by atoms with Crippen molar-refractivity contribution in [1.29, 1.82) is 0 Å². The zero-order valence-electron chi connectivity index (χ0n) is 14.1. The third-order valence-corrected chi connectivity index (χ3v) is 5.34. The molecular weight excluding hydrogens is 336 g/mol. The molecule has 24 heavy (non-hydrogen) atoms. The number of rotatable bonds is 4. The van der Waals surface area contributed by atoms with Gasteiger partial charge in [0.25, 0.3) is 10.1 Å². The number of fused-ring (bicyclic) bond motifs is 1. The predicted octanol–water partition coefficient (Wildman–Crippen LogP) is 1.59. The molecule has 0 N–H and O–H groups in total. The van der Waals surface area contributed by atoms with Crippen LogP contribution in [0, 0.1) is 6.92 Å². The number of methoxy groups -OCH3 is 1. The summed E-state index contributed by atoms with van der Waals surface area (Å²) < 4.78 is 52.9. The van der Waals surface area contributed by atoms with Crippen molar-refractivity contribution in [2.75, 3.05) is 13.7 Å². The molecule has 1 aromatic carbocycles. The van der Waals surface area contributed by atoms with Crippen molar-refractivity contribution in [1.82, 2.24) is 0 Å². The number of hydrogen-bond acceptors (Lipinski definition) is 7. The van der Waals surface area contributed by atoms with Crippen LogP contribution < -0.4 is 0 Å². The van der Waals surface area contributed by atoms with Crippen LogP contribution in [0.25, 0.3) is 0 Å². The van der Waals surface area contributed by atoms with Gasteiger partial charge < -0.3 is 18.9 Å². The molecule has 1 aromatic rings. The van der Waals surface area contributed by atoms with E-state index < -0.39 is 40.5 Å². The fourth-order valence-electron chi connectivity index (χ4n) is 2.92. The maximum atomic E-state index is 12.6. The van der Waals surface area contributed by atoms with Crippen molar-refractivity contribution in [3.63, 3.8) is 0 Å². The molecule has 2 heterocycles. The molecule has 0 amide bonds. The third-order valence-electron chi connectivity index (χ3n) is 4.02. The molecule has 0 bridgehead atoms. The average molecular weight is 358 g/mol. The van der Waals surface area contributed by atoms with Crippen LogP contribution in [0.5, 0.6) is 0 Å². The highest BCUT2D eigenvalue weighted by atomic mass is 32.2. The number of benzene rings is 1. The van der Waals surface area contributed by atoms with Crippen molar-refractivity contribution in [2.24, 2.45) is 0 Å². The Balaban J connectivity index is 1.86. The summed E-state index contributed by atoms with van der Waals surface area (Å²) in [5.41, 5.74) is 0.957. The molecule has 7 nitrogen and oxygen atoms in total. The van der Waals surface area contributed by atoms with Gasteiger partial charge in [0.2, 0.25) is 0 Å². The monoisotopic (exact) mass is 358 g/mol. The minimum absolute atomic E-state index is 0.0725. The van der Waals surface area contributed by atoms with Gasteiger partial charge in [0.15, 0.2) is 18.2 Å². The highest BCUT2D eigenvalue weighted by molar-refractivity contribution is 7.86. The van der Waals surface area contributed by atoms with E-state index in [1.54, 1.807) is 26.0 Å².